The van der Waals surface area contributed by atoms with Crippen LogP contribution in [-0.4, -0.2) is 25.4 Å². The Morgan fingerprint density at radius 1 is 0.512 bits per heavy atom. The number of unbranched alkanes of at least 4 members (excludes halogenated alkanes) is 8. The third kappa shape index (κ3) is 32.5. The average molecular weight is 699 g/mol. The van der Waals surface area contributed by atoms with Gasteiger partial charge in [-0.3, -0.25) is 9.13 Å². The predicted octanol–water partition coefficient (Wildman–Crippen LogP) is 10.1. The molecule has 6 unspecified atom stereocenters. The van der Waals surface area contributed by atoms with E-state index in [1.54, 1.807) is 13.8 Å². The average Bonchev–Trinajstić information content (AvgIpc) is 2.93. The van der Waals surface area contributed by atoms with Crippen LogP contribution >= 0.6 is 15.6 Å². The second-order valence-corrected chi connectivity index (χ2v) is 14.6. The van der Waals surface area contributed by atoms with E-state index in [0.29, 0.717) is 11.8 Å². The van der Waals surface area contributed by atoms with Gasteiger partial charge in [0.1, 0.15) is 0 Å². The van der Waals surface area contributed by atoms with E-state index in [0.717, 1.165) is 89.9 Å². The van der Waals surface area contributed by atoms with E-state index in [2.05, 4.69) is 41.5 Å². The van der Waals surface area contributed by atoms with Crippen LogP contribution in [0.25, 0.3) is 0 Å². The van der Waals surface area contributed by atoms with Crippen LogP contribution in [-0.2, 0) is 44.3 Å². The van der Waals surface area contributed by atoms with E-state index in [1.807, 2.05) is 0 Å². The molecule has 0 heterocycles. The summed E-state index contributed by atoms with van der Waals surface area (Å²) in [5, 5.41) is 0. The normalized spacial score (nSPS) is 17.0. The van der Waals surface area contributed by atoms with Crippen LogP contribution in [0, 0.1) is 11.8 Å². The summed E-state index contributed by atoms with van der Waals surface area (Å²) in [6, 6.07) is 0. The van der Waals surface area contributed by atoms with Gasteiger partial charge >= 0.3 is 17.1 Å². The van der Waals surface area contributed by atoms with Crippen LogP contribution in [0.5, 0.6) is 0 Å². The minimum Gasteiger partial charge on any atom is -0.756 e. The summed E-state index contributed by atoms with van der Waals surface area (Å²) in [5.74, 6) is 0.603. The number of hydrogen-bond acceptors (Lipinski definition) is 8. The molecular weight excluding hydrogens is 630 g/mol. The van der Waals surface area contributed by atoms with E-state index < -0.39 is 15.6 Å². The van der Waals surface area contributed by atoms with Gasteiger partial charge in [-0.15, -0.1) is 0 Å². The van der Waals surface area contributed by atoms with Gasteiger partial charge in [-0.05, 0) is 51.4 Å². The molecule has 11 heteroatoms. The molecule has 0 spiro atoms. The monoisotopic (exact) mass is 698 g/mol. The zero-order valence-corrected chi connectivity index (χ0v) is 31.9. The number of rotatable bonds is 28. The van der Waals surface area contributed by atoms with E-state index in [-0.39, 0.29) is 42.5 Å². The first-order chi connectivity index (χ1) is 19.9. The Labute approximate surface area is 277 Å². The van der Waals surface area contributed by atoms with Crippen LogP contribution in [0.4, 0.5) is 0 Å². The number of phosphoric ester groups is 2. The van der Waals surface area contributed by atoms with Crippen LogP contribution < -0.4 is 9.79 Å². The van der Waals surface area contributed by atoms with E-state index in [9.17, 15) is 18.9 Å². The van der Waals surface area contributed by atoms with Gasteiger partial charge in [-0.25, -0.2) is 0 Å². The van der Waals surface area contributed by atoms with Gasteiger partial charge in [0.2, 0.25) is 0 Å². The molecule has 0 fully saturated rings. The summed E-state index contributed by atoms with van der Waals surface area (Å²) >= 11 is 0. The Balaban J connectivity index is -0.000000727. The summed E-state index contributed by atoms with van der Waals surface area (Å²) in [6.45, 7) is 16.8. The van der Waals surface area contributed by atoms with E-state index >= 15 is 0 Å². The van der Waals surface area contributed by atoms with Crippen molar-refractivity contribution in [2.75, 3.05) is 13.2 Å². The summed E-state index contributed by atoms with van der Waals surface area (Å²) in [6.07, 6.45) is 18.3. The van der Waals surface area contributed by atoms with Crippen molar-refractivity contribution < 1.29 is 54.1 Å². The van der Waals surface area contributed by atoms with Gasteiger partial charge in [0.25, 0.3) is 15.6 Å². The van der Waals surface area contributed by atoms with Crippen molar-refractivity contribution in [3.8, 4) is 0 Å². The maximum absolute atomic E-state index is 11.8. The SMILES string of the molecule is CCCCCCC(C)OP(=O)([O-])OCC(CC)CCCC.CCCCCCC(C)OP(=O)([O-])OCC(CC)CCCC.[Fe+2]. The third-order valence-electron chi connectivity index (χ3n) is 7.57. The molecule has 0 aliphatic heterocycles. The molecule has 0 bridgehead atoms. The van der Waals surface area contributed by atoms with Crippen LogP contribution in [0.3, 0.4) is 0 Å². The molecule has 6 atom stereocenters. The molecule has 0 saturated heterocycles. The fraction of sp³-hybridized carbons (Fsp3) is 1.00. The zero-order valence-electron chi connectivity index (χ0n) is 29.0. The Kier molecular flexibility index (Phi) is 35.1. The number of phosphoric acid groups is 2. The molecule has 262 valence electrons. The summed E-state index contributed by atoms with van der Waals surface area (Å²) in [5.41, 5.74) is 0. The van der Waals surface area contributed by atoms with Gasteiger partial charge in [-0.1, -0.05) is 131 Å². The maximum atomic E-state index is 11.8. The van der Waals surface area contributed by atoms with Gasteiger partial charge < -0.3 is 27.9 Å². The fourth-order valence-electron chi connectivity index (χ4n) is 4.51. The molecule has 0 aromatic rings. The Hall–Kier alpha value is 0.739. The predicted molar refractivity (Wildman–Crippen MR) is 172 cm³/mol. The molecule has 0 aromatic carbocycles. The minimum absolute atomic E-state index is 0. The maximum Gasteiger partial charge on any atom is 2.00 e. The minimum atomic E-state index is -4.15. The molecular formula is C32H68FeO8P2. The topological polar surface area (TPSA) is 117 Å². The first kappa shape index (κ1) is 48.1. The Morgan fingerprint density at radius 3 is 1.12 bits per heavy atom. The second-order valence-electron chi connectivity index (χ2n) is 11.8. The summed E-state index contributed by atoms with van der Waals surface area (Å²) in [4.78, 5) is 23.6. The Morgan fingerprint density at radius 2 is 0.837 bits per heavy atom. The molecule has 0 aliphatic rings. The quantitative estimate of drug-likeness (QED) is 0.0450. The van der Waals surface area contributed by atoms with Crippen molar-refractivity contribution in [1.82, 2.24) is 0 Å². The van der Waals surface area contributed by atoms with E-state index in [4.69, 9.17) is 18.1 Å². The first-order valence-electron chi connectivity index (χ1n) is 17.2. The largest absolute Gasteiger partial charge is 2.00 e. The van der Waals surface area contributed by atoms with Crippen molar-refractivity contribution in [2.24, 2.45) is 11.8 Å². The molecule has 0 aromatic heterocycles. The Bertz CT molecular complexity index is 630. The van der Waals surface area contributed by atoms with Gasteiger partial charge in [0.05, 0.1) is 25.4 Å². The van der Waals surface area contributed by atoms with E-state index in [1.165, 1.54) is 25.7 Å². The second kappa shape index (κ2) is 31.3. The molecule has 0 aliphatic carbocycles. The molecule has 0 radical (unpaired) electrons. The molecule has 0 amide bonds. The van der Waals surface area contributed by atoms with Crippen molar-refractivity contribution in [2.45, 2.75) is 183 Å². The molecule has 0 saturated carbocycles. The van der Waals surface area contributed by atoms with Crippen molar-refractivity contribution in [3.05, 3.63) is 0 Å². The molecule has 0 rings (SSSR count). The van der Waals surface area contributed by atoms with Crippen molar-refractivity contribution >= 4 is 15.6 Å². The standard InChI is InChI=1S/2C16H35O4P.Fe/c2*1-5-8-10-11-12-15(4)20-21(17,18)19-14-16(7-3)13-9-6-2;/h2*15-16H,5-14H2,1-4H3,(H,17,18);/q;;+2/p-2. The summed E-state index contributed by atoms with van der Waals surface area (Å²) < 4.78 is 43.9. The van der Waals surface area contributed by atoms with Crippen molar-refractivity contribution in [1.29, 1.82) is 0 Å². The fourth-order valence-corrected chi connectivity index (χ4v) is 6.51. The third-order valence-corrected chi connectivity index (χ3v) is 9.74. The molecule has 0 N–H and O–H groups in total. The van der Waals surface area contributed by atoms with Crippen LogP contribution in [0.2, 0.25) is 0 Å². The number of hydrogen-bond donors (Lipinski definition) is 0. The van der Waals surface area contributed by atoms with Crippen LogP contribution in [0.15, 0.2) is 0 Å². The smallest absolute Gasteiger partial charge is 0.756 e. The van der Waals surface area contributed by atoms with Crippen LogP contribution in [0.1, 0.15) is 171 Å². The molecule has 8 nitrogen and oxygen atoms in total. The van der Waals surface area contributed by atoms with Gasteiger partial charge in [0, 0.05) is 0 Å². The first-order valence-corrected chi connectivity index (χ1v) is 20.1. The summed E-state index contributed by atoms with van der Waals surface area (Å²) in [7, 11) is -8.31. The zero-order chi connectivity index (χ0) is 32.3. The van der Waals surface area contributed by atoms with Crippen molar-refractivity contribution in [3.63, 3.8) is 0 Å². The molecule has 43 heavy (non-hydrogen) atoms. The van der Waals surface area contributed by atoms with Gasteiger partial charge in [0.15, 0.2) is 0 Å². The van der Waals surface area contributed by atoms with Gasteiger partial charge in [-0.2, -0.15) is 0 Å².